The van der Waals surface area contributed by atoms with Crippen molar-refractivity contribution in [2.45, 2.75) is 6.42 Å². The number of methoxy groups -OCH3 is 2. The van der Waals surface area contributed by atoms with E-state index >= 15 is 0 Å². The predicted molar refractivity (Wildman–Crippen MR) is 119 cm³/mol. The van der Waals surface area contributed by atoms with Gasteiger partial charge in [-0.1, -0.05) is 11.3 Å². The molecule has 0 spiro atoms. The van der Waals surface area contributed by atoms with E-state index < -0.39 is 0 Å². The topological polar surface area (TPSA) is 78.7 Å². The second-order valence-electron chi connectivity index (χ2n) is 6.97. The molecular weight excluding hydrogens is 400 g/mol. The van der Waals surface area contributed by atoms with Crippen LogP contribution in [0.25, 0.3) is 10.2 Å². The van der Waals surface area contributed by atoms with Crippen LogP contribution in [-0.4, -0.2) is 57.2 Å². The Balaban J connectivity index is 1.98. The van der Waals surface area contributed by atoms with Gasteiger partial charge in [0.25, 0.3) is 5.91 Å². The smallest absolute Gasteiger partial charge is 0.260 e. The molecular formula is C22H24N4O3S. The highest BCUT2D eigenvalue weighted by atomic mass is 32.1. The first-order valence-corrected chi connectivity index (χ1v) is 10.3. The maximum atomic E-state index is 13.3. The van der Waals surface area contributed by atoms with Crippen LogP contribution in [0.4, 0.5) is 5.13 Å². The molecule has 8 heteroatoms. The largest absolute Gasteiger partial charge is 0.493 e. The Morgan fingerprint density at radius 3 is 2.37 bits per heavy atom. The summed E-state index contributed by atoms with van der Waals surface area (Å²) in [4.78, 5) is 21.8. The van der Waals surface area contributed by atoms with Crippen molar-refractivity contribution in [3.8, 4) is 17.6 Å². The average Bonchev–Trinajstić information content (AvgIpc) is 3.17. The molecule has 1 amide bonds. The van der Waals surface area contributed by atoms with Gasteiger partial charge >= 0.3 is 0 Å². The van der Waals surface area contributed by atoms with Gasteiger partial charge in [0.1, 0.15) is 0 Å². The molecule has 0 radical (unpaired) electrons. The molecule has 0 unspecified atom stereocenters. The summed E-state index contributed by atoms with van der Waals surface area (Å²) in [5.74, 6) is 1.08. The van der Waals surface area contributed by atoms with Crippen LogP contribution < -0.4 is 14.4 Å². The first-order chi connectivity index (χ1) is 14.5. The Hall–Kier alpha value is -3.15. The monoisotopic (exact) mass is 424 g/mol. The van der Waals surface area contributed by atoms with Gasteiger partial charge in [0, 0.05) is 24.2 Å². The summed E-state index contributed by atoms with van der Waals surface area (Å²) in [6.07, 6.45) is 0.803. The lowest BCUT2D eigenvalue weighted by atomic mass is 10.1. The van der Waals surface area contributed by atoms with Gasteiger partial charge in [0.2, 0.25) is 0 Å². The highest BCUT2D eigenvalue weighted by Crippen LogP contribution is 2.37. The standard InChI is InChI=1S/C22H24N4O3S/c1-25(2)10-5-11-26(21(27)16-8-6-15(14-23)7-9-16)22-24-17-12-18(28-3)19(29-4)13-20(17)30-22/h6-9,12-13H,5,10-11H2,1-4H3. The van der Waals surface area contributed by atoms with Crippen LogP contribution in [0.5, 0.6) is 11.5 Å². The predicted octanol–water partition coefficient (Wildman–Crippen LogP) is 3.78. The van der Waals surface area contributed by atoms with E-state index in [2.05, 4.69) is 11.0 Å². The fraction of sp³-hybridized carbons (Fsp3) is 0.318. The molecule has 7 nitrogen and oxygen atoms in total. The van der Waals surface area contributed by atoms with Crippen molar-refractivity contribution in [2.75, 3.05) is 46.3 Å². The SMILES string of the molecule is COc1cc2nc(N(CCCN(C)C)C(=O)c3ccc(C#N)cc3)sc2cc1OC. The summed E-state index contributed by atoms with van der Waals surface area (Å²) in [5.41, 5.74) is 1.79. The number of hydrogen-bond acceptors (Lipinski definition) is 7. The van der Waals surface area contributed by atoms with Gasteiger partial charge in [-0.05, 0) is 51.3 Å². The lowest BCUT2D eigenvalue weighted by molar-refractivity contribution is 0.0986. The number of carbonyl (C=O) groups is 1. The maximum absolute atomic E-state index is 13.3. The molecule has 0 bridgehead atoms. The molecule has 0 N–H and O–H groups in total. The Labute approximate surface area is 180 Å². The van der Waals surface area contributed by atoms with Crippen LogP contribution >= 0.6 is 11.3 Å². The van der Waals surface area contributed by atoms with Crippen LogP contribution in [-0.2, 0) is 0 Å². The minimum Gasteiger partial charge on any atom is -0.493 e. The van der Waals surface area contributed by atoms with Crippen molar-refractivity contribution in [3.05, 3.63) is 47.5 Å². The van der Waals surface area contributed by atoms with Crippen LogP contribution in [0.2, 0.25) is 0 Å². The molecule has 1 heterocycles. The van der Waals surface area contributed by atoms with Gasteiger partial charge in [-0.25, -0.2) is 4.98 Å². The molecule has 2 aromatic carbocycles. The lowest BCUT2D eigenvalue weighted by Gasteiger charge is -2.21. The highest BCUT2D eigenvalue weighted by Gasteiger charge is 2.22. The third kappa shape index (κ3) is 4.70. The zero-order chi connectivity index (χ0) is 21.7. The number of thiazole rings is 1. The molecule has 0 saturated carbocycles. The van der Waals surface area contributed by atoms with Crippen molar-refractivity contribution >= 4 is 32.6 Å². The van der Waals surface area contributed by atoms with Gasteiger partial charge in [0.15, 0.2) is 16.6 Å². The van der Waals surface area contributed by atoms with Crippen LogP contribution in [0.3, 0.4) is 0 Å². The van der Waals surface area contributed by atoms with Crippen LogP contribution in [0.1, 0.15) is 22.3 Å². The molecule has 3 rings (SSSR count). The van der Waals surface area contributed by atoms with E-state index in [1.165, 1.54) is 11.3 Å². The van der Waals surface area contributed by atoms with Gasteiger partial charge in [-0.15, -0.1) is 0 Å². The average molecular weight is 425 g/mol. The summed E-state index contributed by atoms with van der Waals surface area (Å²) < 4.78 is 11.7. The number of anilines is 1. The number of hydrogen-bond donors (Lipinski definition) is 0. The summed E-state index contributed by atoms with van der Waals surface area (Å²) >= 11 is 1.44. The number of nitrogens with zero attached hydrogens (tertiary/aromatic N) is 4. The van der Waals surface area contributed by atoms with Crippen molar-refractivity contribution in [3.63, 3.8) is 0 Å². The lowest BCUT2D eigenvalue weighted by Crippen LogP contribution is -2.33. The first kappa shape index (κ1) is 21.6. The summed E-state index contributed by atoms with van der Waals surface area (Å²) in [7, 11) is 7.18. The zero-order valence-corrected chi connectivity index (χ0v) is 18.3. The van der Waals surface area contributed by atoms with Crippen LogP contribution in [0.15, 0.2) is 36.4 Å². The number of fused-ring (bicyclic) bond motifs is 1. The quantitative estimate of drug-likeness (QED) is 0.548. The highest BCUT2D eigenvalue weighted by molar-refractivity contribution is 7.22. The molecule has 0 aliphatic carbocycles. The minimum atomic E-state index is -0.142. The number of amides is 1. The van der Waals surface area contributed by atoms with Gasteiger partial charge in [-0.3, -0.25) is 9.69 Å². The maximum Gasteiger partial charge on any atom is 0.260 e. The Morgan fingerprint density at radius 2 is 1.77 bits per heavy atom. The zero-order valence-electron chi connectivity index (χ0n) is 17.5. The Morgan fingerprint density at radius 1 is 1.10 bits per heavy atom. The number of ether oxygens (including phenoxy) is 2. The van der Waals surface area contributed by atoms with Crippen molar-refractivity contribution in [1.29, 1.82) is 5.26 Å². The molecule has 3 aromatic rings. The van der Waals surface area contributed by atoms with E-state index in [9.17, 15) is 4.79 Å². The van der Waals surface area contributed by atoms with Crippen molar-refractivity contribution in [1.82, 2.24) is 9.88 Å². The van der Waals surface area contributed by atoms with Crippen LogP contribution in [0, 0.1) is 11.3 Å². The second kappa shape index (κ2) is 9.57. The Kier molecular flexibility index (Phi) is 6.87. The third-order valence-electron chi connectivity index (χ3n) is 4.61. The number of carbonyl (C=O) groups excluding carboxylic acids is 1. The van der Waals surface area contributed by atoms with E-state index in [0.717, 1.165) is 23.2 Å². The van der Waals surface area contributed by atoms with Crippen molar-refractivity contribution in [2.24, 2.45) is 0 Å². The fourth-order valence-corrected chi connectivity index (χ4v) is 4.03. The van der Waals surface area contributed by atoms with Gasteiger partial charge in [-0.2, -0.15) is 5.26 Å². The first-order valence-electron chi connectivity index (χ1n) is 9.46. The molecule has 0 saturated heterocycles. The fourth-order valence-electron chi connectivity index (χ4n) is 3.03. The number of aromatic nitrogens is 1. The van der Waals surface area contributed by atoms with E-state index in [0.29, 0.717) is 34.3 Å². The number of benzene rings is 2. The van der Waals surface area contributed by atoms with E-state index in [-0.39, 0.29) is 5.91 Å². The number of nitriles is 1. The van der Waals surface area contributed by atoms with E-state index in [4.69, 9.17) is 19.7 Å². The molecule has 0 fully saturated rings. The normalized spacial score (nSPS) is 10.8. The minimum absolute atomic E-state index is 0.142. The van der Waals surface area contributed by atoms with Gasteiger partial charge in [0.05, 0.1) is 36.1 Å². The van der Waals surface area contributed by atoms with Crippen molar-refractivity contribution < 1.29 is 14.3 Å². The van der Waals surface area contributed by atoms with E-state index in [1.807, 2.05) is 26.2 Å². The molecule has 0 aliphatic rings. The summed E-state index contributed by atoms with van der Waals surface area (Å²) in [6.45, 7) is 1.38. The molecule has 30 heavy (non-hydrogen) atoms. The van der Waals surface area contributed by atoms with E-state index in [1.54, 1.807) is 43.4 Å². The third-order valence-corrected chi connectivity index (χ3v) is 5.65. The second-order valence-corrected chi connectivity index (χ2v) is 7.98. The molecule has 0 atom stereocenters. The van der Waals surface area contributed by atoms with Gasteiger partial charge < -0.3 is 14.4 Å². The number of rotatable bonds is 8. The molecule has 0 aliphatic heterocycles. The summed E-state index contributed by atoms with van der Waals surface area (Å²) in [6, 6.07) is 12.4. The molecule has 1 aromatic heterocycles. The summed E-state index contributed by atoms with van der Waals surface area (Å²) in [5, 5.41) is 9.63. The Bertz CT molecular complexity index is 1030. The molecule has 156 valence electrons.